The number of ether oxygens (including phenoxy) is 1. The van der Waals surface area contributed by atoms with Crippen molar-refractivity contribution in [2.45, 2.75) is 62.6 Å². The van der Waals surface area contributed by atoms with E-state index in [0.29, 0.717) is 5.56 Å². The summed E-state index contributed by atoms with van der Waals surface area (Å²) in [6.45, 7) is 1.13. The summed E-state index contributed by atoms with van der Waals surface area (Å²) in [5, 5.41) is 3.31. The Bertz CT molecular complexity index is 1480. The molecule has 11 heteroatoms. The van der Waals surface area contributed by atoms with Gasteiger partial charge in [0.1, 0.15) is 24.2 Å². The van der Waals surface area contributed by atoms with Crippen molar-refractivity contribution in [1.82, 2.24) is 10.2 Å². The van der Waals surface area contributed by atoms with Crippen LogP contribution in [-0.4, -0.2) is 50.9 Å². The lowest BCUT2D eigenvalue weighted by Gasteiger charge is -2.34. The van der Waals surface area contributed by atoms with Crippen molar-refractivity contribution in [2.75, 3.05) is 18.0 Å². The van der Waals surface area contributed by atoms with Gasteiger partial charge in [0.2, 0.25) is 11.8 Å². The van der Waals surface area contributed by atoms with Gasteiger partial charge in [0.25, 0.3) is 10.0 Å². The van der Waals surface area contributed by atoms with Gasteiger partial charge in [0.05, 0.1) is 17.7 Å². The number of hydrogen-bond acceptors (Lipinski definition) is 5. The Balaban J connectivity index is 1.75. The lowest BCUT2D eigenvalue weighted by molar-refractivity contribution is -0.140. The van der Waals surface area contributed by atoms with E-state index < -0.39 is 34.3 Å². The molecule has 0 radical (unpaired) electrons. The molecule has 1 N–H and O–H groups in total. The molecule has 1 aliphatic carbocycles. The number of nitrogens with one attached hydrogen (secondary N) is 1. The molecule has 224 valence electrons. The average molecular weight is 616 g/mol. The van der Waals surface area contributed by atoms with Gasteiger partial charge < -0.3 is 15.0 Å². The molecule has 0 heterocycles. The van der Waals surface area contributed by atoms with Gasteiger partial charge in [-0.15, -0.1) is 0 Å². The lowest BCUT2D eigenvalue weighted by atomic mass is 10.1. The third kappa shape index (κ3) is 7.41. The Morgan fingerprint density at radius 3 is 2.33 bits per heavy atom. The average Bonchev–Trinajstić information content (AvgIpc) is 3.50. The van der Waals surface area contributed by atoms with E-state index in [1.165, 1.54) is 60.5 Å². The van der Waals surface area contributed by atoms with Crippen molar-refractivity contribution in [3.8, 4) is 5.75 Å². The molecule has 0 spiro atoms. The van der Waals surface area contributed by atoms with Crippen LogP contribution in [0.2, 0.25) is 5.02 Å². The fraction of sp³-hybridized carbons (Fsp3) is 0.355. The Morgan fingerprint density at radius 1 is 1.05 bits per heavy atom. The number of carbonyl (C=O) groups excluding carboxylic acids is 2. The van der Waals surface area contributed by atoms with Gasteiger partial charge in [-0.1, -0.05) is 61.7 Å². The Morgan fingerprint density at radius 2 is 1.71 bits per heavy atom. The summed E-state index contributed by atoms with van der Waals surface area (Å²) in [7, 11) is -2.89. The van der Waals surface area contributed by atoms with Crippen molar-refractivity contribution in [3.05, 3.63) is 89.2 Å². The van der Waals surface area contributed by atoms with Crippen molar-refractivity contribution < 1.29 is 27.1 Å². The molecule has 0 aliphatic heterocycles. The van der Waals surface area contributed by atoms with E-state index in [9.17, 15) is 22.4 Å². The predicted molar refractivity (Wildman–Crippen MR) is 160 cm³/mol. The highest BCUT2D eigenvalue weighted by molar-refractivity contribution is 7.92. The second-order valence-electron chi connectivity index (χ2n) is 10.2. The molecule has 0 aromatic heterocycles. The molecule has 1 saturated carbocycles. The number of anilines is 1. The third-order valence-electron chi connectivity index (χ3n) is 7.37. The lowest BCUT2D eigenvalue weighted by Crippen LogP contribution is -2.53. The molecule has 1 atom stereocenters. The molecule has 8 nitrogen and oxygen atoms in total. The summed E-state index contributed by atoms with van der Waals surface area (Å²) >= 11 is 6.27. The molecule has 4 rings (SSSR count). The van der Waals surface area contributed by atoms with Crippen LogP contribution in [-0.2, 0) is 26.2 Å². The maximum Gasteiger partial charge on any atom is 0.264 e. The highest BCUT2D eigenvalue weighted by Gasteiger charge is 2.35. The number of sulfonamides is 1. The van der Waals surface area contributed by atoms with E-state index >= 15 is 0 Å². The monoisotopic (exact) mass is 615 g/mol. The standard InChI is InChI=1S/C31H35ClFN3O5S/c1-3-27(31(38)34-25-9-7-8-10-25)35(20-22-13-16-24(33)17-14-22)30(37)21-36(28-19-23(32)15-18-29(28)41-2)42(39,40)26-11-5-4-6-12-26/h4-6,11-19,25,27H,3,7-10,20-21H2,1-2H3,(H,34,38). The maximum atomic E-state index is 14.2. The van der Waals surface area contributed by atoms with Crippen LogP contribution in [0.25, 0.3) is 0 Å². The van der Waals surface area contributed by atoms with E-state index in [2.05, 4.69) is 5.32 Å². The third-order valence-corrected chi connectivity index (χ3v) is 9.38. The summed E-state index contributed by atoms with van der Waals surface area (Å²) in [6, 6.07) is 17.0. The minimum atomic E-state index is -4.28. The van der Waals surface area contributed by atoms with Crippen LogP contribution in [0.1, 0.15) is 44.6 Å². The fourth-order valence-electron chi connectivity index (χ4n) is 5.16. The zero-order valence-corrected chi connectivity index (χ0v) is 25.2. The molecule has 0 bridgehead atoms. The number of methoxy groups -OCH3 is 1. The Labute approximate surface area is 251 Å². The van der Waals surface area contributed by atoms with Crippen molar-refractivity contribution in [2.24, 2.45) is 0 Å². The van der Waals surface area contributed by atoms with Crippen molar-refractivity contribution in [3.63, 3.8) is 0 Å². The van der Waals surface area contributed by atoms with Crippen molar-refractivity contribution >= 4 is 39.1 Å². The SMILES string of the molecule is CCC(C(=O)NC1CCCC1)N(Cc1ccc(F)cc1)C(=O)CN(c1cc(Cl)ccc1OC)S(=O)(=O)c1ccccc1. The molecule has 1 fully saturated rings. The van der Waals surface area contributed by atoms with E-state index in [-0.39, 0.29) is 46.3 Å². The molecule has 3 aromatic carbocycles. The van der Waals surface area contributed by atoms with E-state index in [1.54, 1.807) is 31.2 Å². The minimum Gasteiger partial charge on any atom is -0.495 e. The van der Waals surface area contributed by atoms with Crippen LogP contribution in [0.3, 0.4) is 0 Å². The van der Waals surface area contributed by atoms with Gasteiger partial charge in [-0.3, -0.25) is 13.9 Å². The zero-order chi connectivity index (χ0) is 30.3. The van der Waals surface area contributed by atoms with Crippen LogP contribution in [0.4, 0.5) is 10.1 Å². The molecule has 3 aromatic rings. The summed E-state index contributed by atoms with van der Waals surface area (Å²) in [5.74, 6) is -1.16. The van der Waals surface area contributed by atoms with Crippen LogP contribution < -0.4 is 14.4 Å². The summed E-state index contributed by atoms with van der Waals surface area (Å²) in [4.78, 5) is 29.0. The number of rotatable bonds is 12. The van der Waals surface area contributed by atoms with E-state index in [1.807, 2.05) is 0 Å². The van der Waals surface area contributed by atoms with Crippen LogP contribution in [0.15, 0.2) is 77.7 Å². The first-order valence-corrected chi connectivity index (χ1v) is 15.7. The number of hydrogen-bond donors (Lipinski definition) is 1. The maximum absolute atomic E-state index is 14.2. The van der Waals surface area contributed by atoms with Crippen molar-refractivity contribution in [1.29, 1.82) is 0 Å². The summed E-state index contributed by atoms with van der Waals surface area (Å²) in [5.41, 5.74) is 0.669. The number of halogens is 2. The van der Waals surface area contributed by atoms with Gasteiger partial charge in [0.15, 0.2) is 0 Å². The fourth-order valence-corrected chi connectivity index (χ4v) is 6.77. The predicted octanol–water partition coefficient (Wildman–Crippen LogP) is 5.55. The highest BCUT2D eigenvalue weighted by Crippen LogP contribution is 2.35. The molecule has 42 heavy (non-hydrogen) atoms. The number of amides is 2. The second-order valence-corrected chi connectivity index (χ2v) is 12.5. The normalized spacial score (nSPS) is 14.3. The topological polar surface area (TPSA) is 96.0 Å². The molecule has 2 amide bonds. The largest absolute Gasteiger partial charge is 0.495 e. The first-order valence-electron chi connectivity index (χ1n) is 13.9. The summed E-state index contributed by atoms with van der Waals surface area (Å²) < 4.78 is 48.1. The number of benzene rings is 3. The molecular formula is C31H35ClFN3O5S. The Kier molecular flexibility index (Phi) is 10.5. The van der Waals surface area contributed by atoms with Gasteiger partial charge in [-0.2, -0.15) is 0 Å². The van der Waals surface area contributed by atoms with Gasteiger partial charge >= 0.3 is 0 Å². The van der Waals surface area contributed by atoms with Crippen LogP contribution >= 0.6 is 11.6 Å². The molecule has 1 aliphatic rings. The highest BCUT2D eigenvalue weighted by atomic mass is 35.5. The quantitative estimate of drug-likeness (QED) is 0.288. The molecule has 1 unspecified atom stereocenters. The van der Waals surface area contributed by atoms with Gasteiger partial charge in [-0.25, -0.2) is 12.8 Å². The van der Waals surface area contributed by atoms with Crippen LogP contribution in [0, 0.1) is 5.82 Å². The first kappa shape index (κ1) is 31.3. The second kappa shape index (κ2) is 14.0. The summed E-state index contributed by atoms with van der Waals surface area (Å²) in [6.07, 6.45) is 4.07. The molecule has 0 saturated heterocycles. The number of nitrogens with zero attached hydrogens (tertiary/aromatic N) is 2. The number of carbonyl (C=O) groups is 2. The van der Waals surface area contributed by atoms with Gasteiger partial charge in [-0.05, 0) is 67.3 Å². The first-order chi connectivity index (χ1) is 20.1. The minimum absolute atomic E-state index is 0.0262. The van der Waals surface area contributed by atoms with E-state index in [0.717, 1.165) is 30.0 Å². The van der Waals surface area contributed by atoms with Gasteiger partial charge in [0, 0.05) is 17.6 Å². The van der Waals surface area contributed by atoms with E-state index in [4.69, 9.17) is 16.3 Å². The zero-order valence-electron chi connectivity index (χ0n) is 23.6. The van der Waals surface area contributed by atoms with Crippen LogP contribution in [0.5, 0.6) is 5.75 Å². The smallest absolute Gasteiger partial charge is 0.264 e. The molecular weight excluding hydrogens is 581 g/mol. The Hall–Kier alpha value is -3.63.